The Morgan fingerprint density at radius 2 is 2.32 bits per heavy atom. The summed E-state index contributed by atoms with van der Waals surface area (Å²) in [6, 6.07) is 5.81. The Kier molecular flexibility index (Phi) is 5.80. The molecule has 0 radical (unpaired) electrons. The molecule has 0 bridgehead atoms. The van der Waals surface area contributed by atoms with E-state index in [2.05, 4.69) is 5.32 Å². The van der Waals surface area contributed by atoms with Crippen LogP contribution < -0.4 is 10.1 Å². The van der Waals surface area contributed by atoms with E-state index in [4.69, 9.17) is 10.00 Å². The van der Waals surface area contributed by atoms with Gasteiger partial charge in [-0.05, 0) is 25.5 Å². The van der Waals surface area contributed by atoms with Crippen molar-refractivity contribution >= 4 is 5.91 Å². The molecule has 19 heavy (non-hydrogen) atoms. The van der Waals surface area contributed by atoms with Crippen molar-refractivity contribution in [3.05, 3.63) is 29.6 Å². The first kappa shape index (κ1) is 15.0. The normalized spacial score (nSPS) is 11.5. The van der Waals surface area contributed by atoms with E-state index >= 15 is 0 Å². The fraction of sp³-hybridized carbons (Fsp3) is 0.429. The number of nitriles is 1. The summed E-state index contributed by atoms with van der Waals surface area (Å²) in [7, 11) is 0. The summed E-state index contributed by atoms with van der Waals surface area (Å²) in [6.45, 7) is 4.17. The summed E-state index contributed by atoms with van der Waals surface area (Å²) in [4.78, 5) is 11.7. The number of hydrogen-bond acceptors (Lipinski definition) is 3. The van der Waals surface area contributed by atoms with Gasteiger partial charge in [0.05, 0.1) is 0 Å². The first-order valence-corrected chi connectivity index (χ1v) is 6.23. The molecule has 0 heterocycles. The molecule has 0 fully saturated rings. The molecule has 0 saturated heterocycles. The van der Waals surface area contributed by atoms with Crippen LogP contribution in [0.2, 0.25) is 0 Å². The SMILES string of the molecule is CCCCNC(=O)C(C)Oc1cccc(F)c1C#N. The molecule has 1 N–H and O–H groups in total. The molecule has 5 heteroatoms. The Morgan fingerprint density at radius 1 is 1.58 bits per heavy atom. The zero-order valence-corrected chi connectivity index (χ0v) is 11.1. The van der Waals surface area contributed by atoms with Crippen LogP contribution in [-0.2, 0) is 4.79 Å². The van der Waals surface area contributed by atoms with E-state index in [1.165, 1.54) is 18.2 Å². The summed E-state index contributed by atoms with van der Waals surface area (Å²) in [5, 5.41) is 11.6. The number of carbonyl (C=O) groups is 1. The van der Waals surface area contributed by atoms with Crippen molar-refractivity contribution in [2.45, 2.75) is 32.8 Å². The number of amides is 1. The number of nitrogens with one attached hydrogen (secondary N) is 1. The third-order valence-corrected chi connectivity index (χ3v) is 2.59. The van der Waals surface area contributed by atoms with Gasteiger partial charge in [0.2, 0.25) is 0 Å². The molecule has 1 atom stereocenters. The molecule has 0 aromatic heterocycles. The maximum absolute atomic E-state index is 13.3. The highest BCUT2D eigenvalue weighted by atomic mass is 19.1. The molecule has 1 amide bonds. The lowest BCUT2D eigenvalue weighted by Gasteiger charge is -2.15. The van der Waals surface area contributed by atoms with Crippen LogP contribution >= 0.6 is 0 Å². The Hall–Kier alpha value is -2.09. The average Bonchev–Trinajstić information content (AvgIpc) is 2.39. The minimum atomic E-state index is -0.772. The number of benzene rings is 1. The predicted molar refractivity (Wildman–Crippen MR) is 69.1 cm³/mol. The van der Waals surface area contributed by atoms with Gasteiger partial charge in [-0.25, -0.2) is 4.39 Å². The van der Waals surface area contributed by atoms with Crippen molar-refractivity contribution < 1.29 is 13.9 Å². The summed E-state index contributed by atoms with van der Waals surface area (Å²) >= 11 is 0. The van der Waals surface area contributed by atoms with E-state index in [1.807, 2.05) is 6.92 Å². The van der Waals surface area contributed by atoms with E-state index in [0.29, 0.717) is 6.54 Å². The first-order chi connectivity index (χ1) is 9.10. The fourth-order valence-corrected chi connectivity index (χ4v) is 1.49. The van der Waals surface area contributed by atoms with Gasteiger partial charge in [0.25, 0.3) is 5.91 Å². The van der Waals surface area contributed by atoms with Crippen LogP contribution in [0.15, 0.2) is 18.2 Å². The van der Waals surface area contributed by atoms with E-state index in [1.54, 1.807) is 13.0 Å². The number of hydrogen-bond donors (Lipinski definition) is 1. The van der Waals surface area contributed by atoms with Crippen molar-refractivity contribution in [1.29, 1.82) is 5.26 Å². The number of nitrogens with zero attached hydrogens (tertiary/aromatic N) is 1. The lowest BCUT2D eigenvalue weighted by molar-refractivity contribution is -0.127. The maximum Gasteiger partial charge on any atom is 0.260 e. The van der Waals surface area contributed by atoms with Crippen molar-refractivity contribution in [3.8, 4) is 11.8 Å². The summed E-state index contributed by atoms with van der Waals surface area (Å²) in [5.41, 5.74) is -0.185. The summed E-state index contributed by atoms with van der Waals surface area (Å²) < 4.78 is 18.7. The lowest BCUT2D eigenvalue weighted by Crippen LogP contribution is -2.36. The van der Waals surface area contributed by atoms with Crippen LogP contribution in [0, 0.1) is 17.1 Å². The summed E-state index contributed by atoms with van der Waals surface area (Å²) in [6.07, 6.45) is 1.10. The Bertz CT molecular complexity index is 483. The molecule has 0 saturated carbocycles. The standard InChI is InChI=1S/C14H17FN2O2/c1-3-4-8-17-14(18)10(2)19-13-7-5-6-12(15)11(13)9-16/h5-7,10H,3-4,8H2,1-2H3,(H,17,18). The van der Waals surface area contributed by atoms with Gasteiger partial charge >= 0.3 is 0 Å². The number of halogens is 1. The molecule has 1 aromatic rings. The monoisotopic (exact) mass is 264 g/mol. The topological polar surface area (TPSA) is 62.1 Å². The van der Waals surface area contributed by atoms with Gasteiger partial charge < -0.3 is 10.1 Å². The van der Waals surface area contributed by atoms with E-state index < -0.39 is 11.9 Å². The van der Waals surface area contributed by atoms with Crippen molar-refractivity contribution in [1.82, 2.24) is 5.32 Å². The zero-order chi connectivity index (χ0) is 14.3. The van der Waals surface area contributed by atoms with Crippen molar-refractivity contribution in [2.75, 3.05) is 6.54 Å². The molecular weight excluding hydrogens is 247 g/mol. The third-order valence-electron chi connectivity index (χ3n) is 2.59. The second-order valence-electron chi connectivity index (χ2n) is 4.13. The first-order valence-electron chi connectivity index (χ1n) is 6.23. The summed E-state index contributed by atoms with van der Waals surface area (Å²) in [5.74, 6) is -0.846. The van der Waals surface area contributed by atoms with Crippen LogP contribution in [0.3, 0.4) is 0 Å². The highest BCUT2D eigenvalue weighted by Gasteiger charge is 2.17. The molecule has 1 unspecified atom stereocenters. The lowest BCUT2D eigenvalue weighted by atomic mass is 10.2. The van der Waals surface area contributed by atoms with Crippen LogP contribution in [-0.4, -0.2) is 18.6 Å². The zero-order valence-electron chi connectivity index (χ0n) is 11.1. The minimum Gasteiger partial charge on any atom is -0.479 e. The molecule has 4 nitrogen and oxygen atoms in total. The fourth-order valence-electron chi connectivity index (χ4n) is 1.49. The van der Waals surface area contributed by atoms with Crippen LogP contribution in [0.1, 0.15) is 32.3 Å². The predicted octanol–water partition coefficient (Wildman–Crippen LogP) is 2.38. The van der Waals surface area contributed by atoms with Gasteiger partial charge in [-0.2, -0.15) is 5.26 Å². The Morgan fingerprint density at radius 3 is 2.95 bits per heavy atom. The maximum atomic E-state index is 13.3. The van der Waals surface area contributed by atoms with Gasteiger partial charge in [0.15, 0.2) is 6.10 Å². The van der Waals surface area contributed by atoms with Gasteiger partial charge in [0, 0.05) is 6.54 Å². The Labute approximate surface area is 112 Å². The molecule has 0 aliphatic carbocycles. The number of rotatable bonds is 6. The highest BCUT2D eigenvalue weighted by molar-refractivity contribution is 5.80. The van der Waals surface area contributed by atoms with Crippen molar-refractivity contribution in [3.63, 3.8) is 0 Å². The molecule has 1 rings (SSSR count). The smallest absolute Gasteiger partial charge is 0.260 e. The average molecular weight is 264 g/mol. The number of ether oxygens (including phenoxy) is 1. The van der Waals surface area contributed by atoms with E-state index in [0.717, 1.165) is 12.8 Å². The molecular formula is C14H17FN2O2. The molecule has 0 aliphatic rings. The second-order valence-corrected chi connectivity index (χ2v) is 4.13. The van der Waals surface area contributed by atoms with E-state index in [-0.39, 0.29) is 17.2 Å². The molecule has 0 spiro atoms. The number of unbranched alkanes of at least 4 members (excludes halogenated alkanes) is 1. The van der Waals surface area contributed by atoms with Gasteiger partial charge in [-0.1, -0.05) is 19.4 Å². The van der Waals surface area contributed by atoms with Gasteiger partial charge in [-0.3, -0.25) is 4.79 Å². The van der Waals surface area contributed by atoms with E-state index in [9.17, 15) is 9.18 Å². The molecule has 102 valence electrons. The minimum absolute atomic E-state index is 0.0839. The Balaban J connectivity index is 2.67. The highest BCUT2D eigenvalue weighted by Crippen LogP contribution is 2.21. The molecule has 0 aliphatic heterocycles. The number of carbonyl (C=O) groups excluding carboxylic acids is 1. The van der Waals surface area contributed by atoms with Crippen LogP contribution in [0.5, 0.6) is 5.75 Å². The quantitative estimate of drug-likeness (QED) is 0.802. The van der Waals surface area contributed by atoms with Crippen molar-refractivity contribution in [2.24, 2.45) is 0 Å². The largest absolute Gasteiger partial charge is 0.479 e. The second kappa shape index (κ2) is 7.37. The van der Waals surface area contributed by atoms with Gasteiger partial charge in [-0.15, -0.1) is 0 Å². The molecule has 1 aromatic carbocycles. The van der Waals surface area contributed by atoms with Crippen LogP contribution in [0.4, 0.5) is 4.39 Å². The van der Waals surface area contributed by atoms with Crippen LogP contribution in [0.25, 0.3) is 0 Å². The third kappa shape index (κ3) is 4.25. The van der Waals surface area contributed by atoms with Gasteiger partial charge in [0.1, 0.15) is 23.2 Å².